The highest BCUT2D eigenvalue weighted by Gasteiger charge is 2.52. The molecule has 1 saturated heterocycles. The lowest BCUT2D eigenvalue weighted by Crippen LogP contribution is -2.47. The van der Waals surface area contributed by atoms with Crippen molar-refractivity contribution in [1.29, 1.82) is 0 Å². The summed E-state index contributed by atoms with van der Waals surface area (Å²) >= 11 is 0. The molecule has 8 nitrogen and oxygen atoms in total. The zero-order chi connectivity index (χ0) is 23.8. The van der Waals surface area contributed by atoms with Crippen molar-refractivity contribution in [3.8, 4) is 5.75 Å². The van der Waals surface area contributed by atoms with Crippen LogP contribution in [0.25, 0.3) is 15.9 Å². The van der Waals surface area contributed by atoms with Gasteiger partial charge in [-0.25, -0.2) is 14.6 Å². The van der Waals surface area contributed by atoms with Crippen molar-refractivity contribution in [2.45, 2.75) is 44.4 Å². The first-order valence-electron chi connectivity index (χ1n) is 11.5. The number of hydrogen-bond donors (Lipinski definition) is 1. The number of nitrogens with zero attached hydrogens (tertiary/aromatic N) is 4. The minimum Gasteiger partial charge on any atom is -0.497 e. The third kappa shape index (κ3) is 4.08. The Hall–Kier alpha value is -3.57. The van der Waals surface area contributed by atoms with Crippen LogP contribution in [0.15, 0.2) is 48.8 Å². The van der Waals surface area contributed by atoms with E-state index in [-0.39, 0.29) is 12.7 Å². The Morgan fingerprint density at radius 2 is 2.06 bits per heavy atom. The number of rotatable bonds is 6. The third-order valence-corrected chi connectivity index (χ3v) is 7.19. The maximum Gasteiger partial charge on any atom is 0.410 e. The Morgan fingerprint density at radius 3 is 2.79 bits per heavy atom. The molecule has 1 amide bonds. The van der Waals surface area contributed by atoms with Crippen LogP contribution in [0.3, 0.4) is 0 Å². The molecule has 1 unspecified atom stereocenters. The molecule has 0 bridgehead atoms. The molecule has 1 aliphatic carbocycles. The van der Waals surface area contributed by atoms with Gasteiger partial charge >= 0.3 is 6.09 Å². The number of aliphatic hydroxyl groups excluding tert-OH is 1. The molecule has 8 heteroatoms. The van der Waals surface area contributed by atoms with E-state index in [1.54, 1.807) is 24.4 Å². The molecule has 34 heavy (non-hydrogen) atoms. The molecule has 1 saturated carbocycles. The van der Waals surface area contributed by atoms with Gasteiger partial charge in [0.2, 0.25) is 0 Å². The number of benzene rings is 2. The van der Waals surface area contributed by atoms with Gasteiger partial charge in [0.05, 0.1) is 44.2 Å². The number of aliphatic hydroxyl groups is 1. The molecular formula is C26H28N4O4. The fourth-order valence-electron chi connectivity index (χ4n) is 5.56. The molecule has 2 fully saturated rings. The van der Waals surface area contributed by atoms with Crippen LogP contribution in [0.1, 0.15) is 31.2 Å². The Morgan fingerprint density at radius 1 is 1.24 bits per heavy atom. The van der Waals surface area contributed by atoms with Crippen molar-refractivity contribution in [1.82, 2.24) is 14.5 Å². The van der Waals surface area contributed by atoms with Crippen molar-refractivity contribution < 1.29 is 19.4 Å². The van der Waals surface area contributed by atoms with Gasteiger partial charge in [0.25, 0.3) is 0 Å². The summed E-state index contributed by atoms with van der Waals surface area (Å²) < 4.78 is 13.2. The molecule has 176 valence electrons. The van der Waals surface area contributed by atoms with E-state index in [4.69, 9.17) is 16.0 Å². The van der Waals surface area contributed by atoms with Crippen LogP contribution < -0.4 is 4.74 Å². The summed E-state index contributed by atoms with van der Waals surface area (Å²) in [7, 11) is 1.63. The smallest absolute Gasteiger partial charge is 0.410 e. The number of hydrogen-bond acceptors (Lipinski definition) is 5. The second kappa shape index (κ2) is 8.65. The van der Waals surface area contributed by atoms with E-state index in [0.717, 1.165) is 41.6 Å². The second-order valence-corrected chi connectivity index (χ2v) is 9.60. The van der Waals surface area contributed by atoms with Crippen LogP contribution in [0, 0.1) is 12.0 Å². The molecule has 3 aromatic rings. The van der Waals surface area contributed by atoms with Crippen molar-refractivity contribution in [3.63, 3.8) is 0 Å². The number of aromatic nitrogens is 2. The molecule has 1 N–H and O–H groups in total. The SMILES string of the molecule is [C-]#[N+]c1ccc2ncn(C[C@@]3(CO)CCCC4(CN(Cc5ccc(OC)cc5)C(=O)O4)C3)c2c1. The first-order chi connectivity index (χ1) is 16.5. The number of carbonyl (C=O) groups is 1. The molecule has 1 aliphatic heterocycles. The van der Waals surface area contributed by atoms with Crippen LogP contribution in [-0.2, 0) is 17.8 Å². The summed E-state index contributed by atoms with van der Waals surface area (Å²) in [5.41, 5.74) is 2.24. The highest BCUT2D eigenvalue weighted by molar-refractivity contribution is 5.79. The summed E-state index contributed by atoms with van der Waals surface area (Å²) in [6, 6.07) is 13.1. The van der Waals surface area contributed by atoms with E-state index >= 15 is 0 Å². The molecule has 2 atom stereocenters. The van der Waals surface area contributed by atoms with Gasteiger partial charge in [-0.15, -0.1) is 0 Å². The van der Waals surface area contributed by atoms with Crippen LogP contribution in [0.4, 0.5) is 10.5 Å². The Balaban J connectivity index is 1.35. The van der Waals surface area contributed by atoms with E-state index in [9.17, 15) is 9.90 Å². The average molecular weight is 461 g/mol. The summed E-state index contributed by atoms with van der Waals surface area (Å²) in [4.78, 5) is 22.6. The predicted octanol–water partition coefficient (Wildman–Crippen LogP) is 4.54. The molecule has 5 rings (SSSR count). The summed E-state index contributed by atoms with van der Waals surface area (Å²) in [6.45, 7) is 8.84. The van der Waals surface area contributed by atoms with Gasteiger partial charge in [-0.3, -0.25) is 4.90 Å². The van der Waals surface area contributed by atoms with Crippen LogP contribution >= 0.6 is 0 Å². The van der Waals surface area contributed by atoms with Crippen molar-refractivity contribution in [2.24, 2.45) is 5.41 Å². The number of imidazole rings is 1. The monoisotopic (exact) mass is 460 g/mol. The van der Waals surface area contributed by atoms with Gasteiger partial charge in [0, 0.05) is 18.5 Å². The lowest BCUT2D eigenvalue weighted by atomic mass is 9.67. The largest absolute Gasteiger partial charge is 0.497 e. The van der Waals surface area contributed by atoms with Gasteiger partial charge in [-0.2, -0.15) is 0 Å². The highest BCUT2D eigenvalue weighted by atomic mass is 16.6. The first kappa shape index (κ1) is 22.2. The lowest BCUT2D eigenvalue weighted by Gasteiger charge is -2.44. The number of methoxy groups -OCH3 is 1. The zero-order valence-corrected chi connectivity index (χ0v) is 19.2. The van der Waals surface area contributed by atoms with Gasteiger partial charge < -0.3 is 19.1 Å². The molecule has 1 spiro atoms. The van der Waals surface area contributed by atoms with Gasteiger partial charge in [0.15, 0.2) is 5.69 Å². The van der Waals surface area contributed by atoms with Crippen molar-refractivity contribution in [3.05, 3.63) is 65.8 Å². The maximum absolute atomic E-state index is 12.8. The molecule has 2 aliphatic rings. The number of fused-ring (bicyclic) bond motifs is 1. The summed E-state index contributed by atoms with van der Waals surface area (Å²) in [6.07, 6.45) is 4.54. The van der Waals surface area contributed by atoms with Gasteiger partial charge in [0.1, 0.15) is 11.4 Å². The first-order valence-corrected chi connectivity index (χ1v) is 11.5. The van der Waals surface area contributed by atoms with E-state index in [1.165, 1.54) is 0 Å². The standard InChI is InChI=1S/C26H28N4O4/c1-27-20-6-9-22-23(12-20)30(18-28-22)15-25(17-31)10-3-11-26(14-25)16-29(24(32)34-26)13-19-4-7-21(33-2)8-5-19/h4-9,12,18,31H,3,10-11,13-17H2,2H3/t25-,26?/m1/s1. The van der Waals surface area contributed by atoms with Crippen molar-refractivity contribution >= 4 is 22.8 Å². The topological polar surface area (TPSA) is 81.2 Å². The normalized spacial score (nSPS) is 24.4. The summed E-state index contributed by atoms with van der Waals surface area (Å²) in [5.74, 6) is 0.778. The van der Waals surface area contributed by atoms with Crippen LogP contribution in [-0.4, -0.2) is 51.5 Å². The molecule has 2 heterocycles. The quantitative estimate of drug-likeness (QED) is 0.546. The van der Waals surface area contributed by atoms with Crippen LogP contribution in [0.2, 0.25) is 0 Å². The van der Waals surface area contributed by atoms with E-state index in [0.29, 0.717) is 31.7 Å². The Labute approximate surface area is 198 Å². The minimum absolute atomic E-state index is 0.00698. The second-order valence-electron chi connectivity index (χ2n) is 9.60. The predicted molar refractivity (Wildman–Crippen MR) is 127 cm³/mol. The molecule has 1 aromatic heterocycles. The van der Waals surface area contributed by atoms with E-state index < -0.39 is 11.0 Å². The number of carbonyl (C=O) groups excluding carboxylic acids is 1. The molecular weight excluding hydrogens is 432 g/mol. The molecule has 2 aromatic carbocycles. The third-order valence-electron chi connectivity index (χ3n) is 7.19. The van der Waals surface area contributed by atoms with Crippen molar-refractivity contribution in [2.75, 3.05) is 20.3 Å². The minimum atomic E-state index is -0.609. The number of amides is 1. The highest BCUT2D eigenvalue weighted by Crippen LogP contribution is 2.47. The van der Waals surface area contributed by atoms with Gasteiger partial charge in [-0.05, 0) is 55.5 Å². The Bertz CT molecular complexity index is 1250. The molecule has 0 radical (unpaired) electrons. The summed E-state index contributed by atoms with van der Waals surface area (Å²) in [5, 5.41) is 10.5. The van der Waals surface area contributed by atoms with Gasteiger partial charge in [-0.1, -0.05) is 18.2 Å². The van der Waals surface area contributed by atoms with Crippen LogP contribution in [0.5, 0.6) is 5.75 Å². The average Bonchev–Trinajstić information content (AvgIpc) is 3.38. The van der Waals surface area contributed by atoms with E-state index in [1.807, 2.05) is 41.0 Å². The fourth-order valence-corrected chi connectivity index (χ4v) is 5.56. The lowest BCUT2D eigenvalue weighted by molar-refractivity contribution is -0.0548. The number of ether oxygens (including phenoxy) is 2. The Kier molecular flexibility index (Phi) is 5.66. The maximum atomic E-state index is 12.8. The fraction of sp³-hybridized carbons (Fsp3) is 0.423. The van der Waals surface area contributed by atoms with E-state index in [2.05, 4.69) is 9.83 Å². The zero-order valence-electron chi connectivity index (χ0n) is 19.2.